The molecule has 0 radical (unpaired) electrons. The Labute approximate surface area is 166 Å². The largest absolute Gasteiger partial charge is 0.457 e. The molecule has 1 aliphatic rings. The molecule has 0 bridgehead atoms. The summed E-state index contributed by atoms with van der Waals surface area (Å²) in [6, 6.07) is 13.0. The van der Waals surface area contributed by atoms with E-state index < -0.39 is 5.92 Å². The molecule has 29 heavy (non-hydrogen) atoms. The Morgan fingerprint density at radius 3 is 2.52 bits per heavy atom. The molecule has 4 rings (SSSR count). The van der Waals surface area contributed by atoms with Crippen LogP contribution in [0, 0.1) is 11.7 Å². The Morgan fingerprint density at radius 2 is 1.86 bits per heavy atom. The molecule has 1 aromatic heterocycles. The summed E-state index contributed by atoms with van der Waals surface area (Å²) in [5.74, 6) is 0.202. The van der Waals surface area contributed by atoms with Gasteiger partial charge in [-0.25, -0.2) is 4.39 Å². The van der Waals surface area contributed by atoms with E-state index in [4.69, 9.17) is 4.74 Å². The van der Waals surface area contributed by atoms with E-state index in [-0.39, 0.29) is 24.1 Å². The van der Waals surface area contributed by atoms with Crippen LogP contribution < -0.4 is 15.0 Å². The average molecular weight is 394 g/mol. The fourth-order valence-electron chi connectivity index (χ4n) is 3.17. The molecule has 0 saturated carbocycles. The van der Waals surface area contributed by atoms with Gasteiger partial charge in [-0.05, 0) is 42.0 Å². The quantitative estimate of drug-likeness (QED) is 0.673. The number of aromatic nitrogens is 2. The second-order valence-electron chi connectivity index (χ2n) is 6.78. The van der Waals surface area contributed by atoms with Crippen molar-refractivity contribution in [2.75, 3.05) is 11.4 Å². The number of aromatic amines is 1. The van der Waals surface area contributed by atoms with Gasteiger partial charge in [0.25, 0.3) is 0 Å². The smallest absolute Gasteiger partial charge is 0.227 e. The predicted molar refractivity (Wildman–Crippen MR) is 104 cm³/mol. The minimum atomic E-state index is -0.390. The summed E-state index contributed by atoms with van der Waals surface area (Å²) in [6.07, 6.45) is 3.38. The van der Waals surface area contributed by atoms with Crippen LogP contribution in [0.3, 0.4) is 0 Å². The van der Waals surface area contributed by atoms with Crippen LogP contribution in [-0.4, -0.2) is 28.6 Å². The van der Waals surface area contributed by atoms with E-state index in [0.29, 0.717) is 30.3 Å². The Balaban J connectivity index is 1.29. The van der Waals surface area contributed by atoms with Crippen molar-refractivity contribution >= 4 is 17.5 Å². The van der Waals surface area contributed by atoms with Crippen molar-refractivity contribution in [3.8, 4) is 11.5 Å². The number of hydrogen-bond acceptors (Lipinski definition) is 4. The molecular formula is C21H19FN4O3. The molecule has 148 valence electrons. The fraction of sp³-hybridized carbons (Fsp3) is 0.190. The van der Waals surface area contributed by atoms with Gasteiger partial charge in [0.2, 0.25) is 11.8 Å². The minimum Gasteiger partial charge on any atom is -0.457 e. The lowest BCUT2D eigenvalue weighted by Crippen LogP contribution is -2.32. The van der Waals surface area contributed by atoms with Gasteiger partial charge in [0.1, 0.15) is 17.3 Å². The number of halogens is 1. The van der Waals surface area contributed by atoms with Gasteiger partial charge in [-0.1, -0.05) is 12.1 Å². The maximum atomic E-state index is 12.9. The lowest BCUT2D eigenvalue weighted by molar-refractivity contribution is -0.126. The van der Waals surface area contributed by atoms with Crippen molar-refractivity contribution in [3.63, 3.8) is 0 Å². The molecule has 2 heterocycles. The van der Waals surface area contributed by atoms with Gasteiger partial charge < -0.3 is 15.0 Å². The fourth-order valence-corrected chi connectivity index (χ4v) is 3.17. The number of ether oxygens (including phenoxy) is 1. The summed E-state index contributed by atoms with van der Waals surface area (Å²) in [5, 5.41) is 9.39. The van der Waals surface area contributed by atoms with Crippen molar-refractivity contribution in [2.24, 2.45) is 5.92 Å². The molecule has 1 unspecified atom stereocenters. The van der Waals surface area contributed by atoms with Gasteiger partial charge in [0.15, 0.2) is 0 Å². The van der Waals surface area contributed by atoms with E-state index in [9.17, 15) is 14.0 Å². The standard InChI is InChI=1S/C21H19FN4O3/c22-16-3-7-19(8-4-16)29-18-5-1-14(2-6-18)10-23-21(28)15-9-20(27)26(13-15)17-11-24-25-12-17/h1-8,11-12,15H,9-10,13H2,(H,23,28)(H,24,25). The van der Waals surface area contributed by atoms with E-state index in [1.807, 2.05) is 12.1 Å². The molecule has 2 amide bonds. The molecule has 2 aromatic carbocycles. The summed E-state index contributed by atoms with van der Waals surface area (Å²) in [4.78, 5) is 26.1. The lowest BCUT2D eigenvalue weighted by atomic mass is 10.1. The molecule has 0 aliphatic carbocycles. The van der Waals surface area contributed by atoms with Crippen molar-refractivity contribution in [1.29, 1.82) is 0 Å². The highest BCUT2D eigenvalue weighted by atomic mass is 19.1. The van der Waals surface area contributed by atoms with E-state index in [1.165, 1.54) is 12.1 Å². The number of anilines is 1. The number of nitrogens with one attached hydrogen (secondary N) is 2. The van der Waals surface area contributed by atoms with Gasteiger partial charge in [-0.2, -0.15) is 5.10 Å². The van der Waals surface area contributed by atoms with Crippen LogP contribution in [0.4, 0.5) is 10.1 Å². The third-order valence-corrected chi connectivity index (χ3v) is 4.73. The Hall–Kier alpha value is -3.68. The summed E-state index contributed by atoms with van der Waals surface area (Å²) < 4.78 is 18.6. The molecule has 1 aliphatic heterocycles. The second kappa shape index (κ2) is 8.14. The van der Waals surface area contributed by atoms with Crippen LogP contribution >= 0.6 is 0 Å². The monoisotopic (exact) mass is 394 g/mol. The van der Waals surface area contributed by atoms with Crippen molar-refractivity contribution in [2.45, 2.75) is 13.0 Å². The number of H-pyrrole nitrogens is 1. The Morgan fingerprint density at radius 1 is 1.17 bits per heavy atom. The van der Waals surface area contributed by atoms with E-state index >= 15 is 0 Å². The lowest BCUT2D eigenvalue weighted by Gasteiger charge is -2.14. The topological polar surface area (TPSA) is 87.3 Å². The molecule has 1 saturated heterocycles. The number of benzene rings is 2. The minimum absolute atomic E-state index is 0.0890. The Kier molecular flexibility index (Phi) is 5.24. The third-order valence-electron chi connectivity index (χ3n) is 4.73. The third kappa shape index (κ3) is 4.43. The highest BCUT2D eigenvalue weighted by Gasteiger charge is 2.35. The molecule has 1 fully saturated rings. The first-order chi connectivity index (χ1) is 14.1. The second-order valence-corrected chi connectivity index (χ2v) is 6.78. The maximum Gasteiger partial charge on any atom is 0.227 e. The SMILES string of the molecule is O=C(NCc1ccc(Oc2ccc(F)cc2)cc1)C1CC(=O)N(c2cn[nH]c2)C1. The molecule has 0 spiro atoms. The summed E-state index contributed by atoms with van der Waals surface area (Å²) in [7, 11) is 0. The molecular weight excluding hydrogens is 375 g/mol. The summed E-state index contributed by atoms with van der Waals surface area (Å²) in [6.45, 7) is 0.695. The average Bonchev–Trinajstić information content (AvgIpc) is 3.38. The van der Waals surface area contributed by atoms with E-state index in [0.717, 1.165) is 5.56 Å². The number of carbonyl (C=O) groups excluding carboxylic acids is 2. The molecule has 2 N–H and O–H groups in total. The van der Waals surface area contributed by atoms with Gasteiger partial charge in [-0.3, -0.25) is 14.7 Å². The highest BCUT2D eigenvalue weighted by Crippen LogP contribution is 2.25. The molecule has 3 aromatic rings. The first kappa shape index (κ1) is 18.7. The van der Waals surface area contributed by atoms with Crippen LogP contribution in [0.5, 0.6) is 11.5 Å². The van der Waals surface area contributed by atoms with E-state index in [2.05, 4.69) is 15.5 Å². The number of rotatable bonds is 6. The number of amides is 2. The summed E-state index contributed by atoms with van der Waals surface area (Å²) >= 11 is 0. The molecule has 7 nitrogen and oxygen atoms in total. The van der Waals surface area contributed by atoms with E-state index in [1.54, 1.807) is 41.6 Å². The van der Waals surface area contributed by atoms with Gasteiger partial charge in [0.05, 0.1) is 17.8 Å². The molecule has 1 atom stereocenters. The van der Waals surface area contributed by atoms with Crippen LogP contribution in [0.15, 0.2) is 60.9 Å². The van der Waals surface area contributed by atoms with Crippen molar-refractivity contribution in [1.82, 2.24) is 15.5 Å². The predicted octanol–water partition coefficient (Wildman–Crippen LogP) is 3.01. The van der Waals surface area contributed by atoms with Crippen LogP contribution in [0.25, 0.3) is 0 Å². The normalized spacial score (nSPS) is 16.1. The van der Waals surface area contributed by atoms with Crippen molar-refractivity contribution < 1.29 is 18.7 Å². The number of carbonyl (C=O) groups is 2. The first-order valence-corrected chi connectivity index (χ1v) is 9.18. The highest BCUT2D eigenvalue weighted by molar-refractivity contribution is 6.00. The summed E-state index contributed by atoms with van der Waals surface area (Å²) in [5.41, 5.74) is 1.57. The van der Waals surface area contributed by atoms with Crippen LogP contribution in [-0.2, 0) is 16.1 Å². The zero-order chi connectivity index (χ0) is 20.2. The number of nitrogens with zero attached hydrogens (tertiary/aromatic N) is 2. The van der Waals surface area contributed by atoms with Gasteiger partial charge in [-0.15, -0.1) is 0 Å². The maximum absolute atomic E-state index is 12.9. The van der Waals surface area contributed by atoms with Crippen LogP contribution in [0.1, 0.15) is 12.0 Å². The van der Waals surface area contributed by atoms with Gasteiger partial charge in [0, 0.05) is 25.7 Å². The zero-order valence-electron chi connectivity index (χ0n) is 15.5. The zero-order valence-corrected chi connectivity index (χ0v) is 15.5. The van der Waals surface area contributed by atoms with Crippen molar-refractivity contribution in [3.05, 3.63) is 72.3 Å². The van der Waals surface area contributed by atoms with Crippen LogP contribution in [0.2, 0.25) is 0 Å². The molecule has 8 heteroatoms. The first-order valence-electron chi connectivity index (χ1n) is 9.18. The Bertz CT molecular complexity index is 988. The number of hydrogen-bond donors (Lipinski definition) is 2. The van der Waals surface area contributed by atoms with Gasteiger partial charge >= 0.3 is 0 Å².